The first kappa shape index (κ1) is 24.0. The molecule has 0 spiro atoms. The quantitative estimate of drug-likeness (QED) is 0.262. The molecule has 34 heavy (non-hydrogen) atoms. The van der Waals surface area contributed by atoms with Crippen LogP contribution in [0.1, 0.15) is 17.5 Å². The first-order chi connectivity index (χ1) is 16.2. The van der Waals surface area contributed by atoms with E-state index in [9.17, 15) is 0 Å². The van der Waals surface area contributed by atoms with Gasteiger partial charge in [0.15, 0.2) is 29.0 Å². The van der Waals surface area contributed by atoms with Crippen molar-refractivity contribution in [2.45, 2.75) is 19.4 Å². The molecule has 2 aromatic carbocycles. The van der Waals surface area contributed by atoms with Gasteiger partial charge in [0.05, 0.1) is 26.0 Å². The molecule has 3 aromatic rings. The number of anilines is 1. The zero-order chi connectivity index (χ0) is 22.5. The van der Waals surface area contributed by atoms with Gasteiger partial charge in [0.25, 0.3) is 0 Å². The summed E-state index contributed by atoms with van der Waals surface area (Å²) in [5.74, 6) is 3.77. The van der Waals surface area contributed by atoms with Crippen molar-refractivity contribution in [2.75, 3.05) is 31.9 Å². The first-order valence-electron chi connectivity index (χ1n) is 11.0. The molecule has 180 valence electrons. The van der Waals surface area contributed by atoms with Crippen LogP contribution in [0, 0.1) is 0 Å². The Morgan fingerprint density at radius 1 is 0.971 bits per heavy atom. The lowest BCUT2D eigenvalue weighted by atomic mass is 10.1. The standard InChI is InChI=1S/C24H27N5O4.HI/c1-29-15-18(14-27-29)13-26-24(25-8-7-17-3-5-21-22(11-17)33-16-32-21)28-19-4-6-20-23(12-19)31-10-2-9-30-20;/h3-6,11-12,14-15H,2,7-10,13,16H2,1H3,(H2,25,26,28);1H. The zero-order valence-corrected chi connectivity index (χ0v) is 21.3. The topological polar surface area (TPSA) is 91.2 Å². The van der Waals surface area contributed by atoms with Crippen LogP contribution >= 0.6 is 24.0 Å². The summed E-state index contributed by atoms with van der Waals surface area (Å²) in [7, 11) is 1.90. The van der Waals surface area contributed by atoms with Crippen molar-refractivity contribution in [3.05, 3.63) is 59.9 Å². The van der Waals surface area contributed by atoms with Crippen LogP contribution in [-0.4, -0.2) is 42.3 Å². The maximum atomic E-state index is 5.82. The van der Waals surface area contributed by atoms with Gasteiger partial charge in [0, 0.05) is 43.5 Å². The molecule has 9 nitrogen and oxygen atoms in total. The van der Waals surface area contributed by atoms with E-state index in [-0.39, 0.29) is 30.8 Å². The molecule has 0 atom stereocenters. The molecule has 0 saturated carbocycles. The van der Waals surface area contributed by atoms with E-state index in [4.69, 9.17) is 23.9 Å². The van der Waals surface area contributed by atoms with Crippen molar-refractivity contribution >= 4 is 35.6 Å². The second-order valence-corrected chi connectivity index (χ2v) is 7.89. The van der Waals surface area contributed by atoms with Gasteiger partial charge in [0.2, 0.25) is 6.79 Å². The van der Waals surface area contributed by atoms with Gasteiger partial charge in [-0.2, -0.15) is 5.10 Å². The maximum Gasteiger partial charge on any atom is 0.231 e. The lowest BCUT2D eigenvalue weighted by molar-refractivity contribution is 0.174. The van der Waals surface area contributed by atoms with Gasteiger partial charge >= 0.3 is 0 Å². The molecule has 2 N–H and O–H groups in total. The van der Waals surface area contributed by atoms with Crippen molar-refractivity contribution < 1.29 is 18.9 Å². The molecule has 0 saturated heterocycles. The van der Waals surface area contributed by atoms with E-state index in [1.165, 1.54) is 0 Å². The van der Waals surface area contributed by atoms with Gasteiger partial charge in [-0.25, -0.2) is 4.99 Å². The summed E-state index contributed by atoms with van der Waals surface area (Å²) < 4.78 is 24.2. The van der Waals surface area contributed by atoms with Gasteiger partial charge < -0.3 is 29.6 Å². The Morgan fingerprint density at radius 3 is 2.59 bits per heavy atom. The Kier molecular flexibility index (Phi) is 7.99. The summed E-state index contributed by atoms with van der Waals surface area (Å²) in [6.45, 7) is 2.80. The average molecular weight is 577 g/mol. The van der Waals surface area contributed by atoms with E-state index in [2.05, 4.69) is 21.8 Å². The maximum absolute atomic E-state index is 5.82. The molecule has 0 bridgehead atoms. The number of aliphatic imine (C=N–C) groups is 1. The Morgan fingerprint density at radius 2 is 1.74 bits per heavy atom. The number of guanidine groups is 1. The number of nitrogens with zero attached hydrogens (tertiary/aromatic N) is 3. The van der Waals surface area contributed by atoms with Crippen molar-refractivity contribution in [3.63, 3.8) is 0 Å². The highest BCUT2D eigenvalue weighted by molar-refractivity contribution is 14.0. The summed E-state index contributed by atoms with van der Waals surface area (Å²) in [5.41, 5.74) is 3.07. The van der Waals surface area contributed by atoms with Crippen molar-refractivity contribution in [3.8, 4) is 23.0 Å². The summed E-state index contributed by atoms with van der Waals surface area (Å²) >= 11 is 0. The molecule has 0 unspecified atom stereocenters. The number of halogens is 1. The van der Waals surface area contributed by atoms with Crippen LogP contribution in [0.15, 0.2) is 53.8 Å². The fraction of sp³-hybridized carbons (Fsp3) is 0.333. The van der Waals surface area contributed by atoms with Crippen LogP contribution in [0.4, 0.5) is 5.69 Å². The van der Waals surface area contributed by atoms with Gasteiger partial charge in [-0.3, -0.25) is 4.68 Å². The molecule has 0 radical (unpaired) electrons. The highest BCUT2D eigenvalue weighted by Gasteiger charge is 2.14. The number of hydrogen-bond donors (Lipinski definition) is 2. The fourth-order valence-corrected chi connectivity index (χ4v) is 3.66. The normalized spacial score (nSPS) is 14.2. The molecular formula is C24H28IN5O4. The lowest BCUT2D eigenvalue weighted by Gasteiger charge is -2.15. The molecule has 0 amide bonds. The minimum atomic E-state index is 0. The number of fused-ring (bicyclic) bond motifs is 2. The Hall–Kier alpha value is -3.15. The molecular weight excluding hydrogens is 549 g/mol. The third-order valence-corrected chi connectivity index (χ3v) is 5.33. The smallest absolute Gasteiger partial charge is 0.231 e. The van der Waals surface area contributed by atoms with E-state index >= 15 is 0 Å². The number of aromatic nitrogens is 2. The van der Waals surface area contributed by atoms with Crippen molar-refractivity contribution in [1.82, 2.24) is 15.1 Å². The summed E-state index contributed by atoms with van der Waals surface area (Å²) in [6.07, 6.45) is 5.46. The van der Waals surface area contributed by atoms with Gasteiger partial charge in [-0.15, -0.1) is 24.0 Å². The third-order valence-electron chi connectivity index (χ3n) is 5.33. The molecule has 1 aromatic heterocycles. The highest BCUT2D eigenvalue weighted by Crippen LogP contribution is 2.33. The lowest BCUT2D eigenvalue weighted by Crippen LogP contribution is -2.32. The largest absolute Gasteiger partial charge is 0.490 e. The van der Waals surface area contributed by atoms with Crippen LogP contribution < -0.4 is 29.6 Å². The SMILES string of the molecule is Cn1cc(CN=C(NCCc2ccc3c(c2)OCO3)Nc2ccc3c(c2)OCCCO3)cn1.I. The Bertz CT molecular complexity index is 1150. The first-order valence-corrected chi connectivity index (χ1v) is 11.0. The van der Waals surface area contributed by atoms with Crippen LogP contribution in [0.5, 0.6) is 23.0 Å². The Labute approximate surface area is 215 Å². The van der Waals surface area contributed by atoms with E-state index in [1.54, 1.807) is 4.68 Å². The minimum absolute atomic E-state index is 0. The molecule has 10 heteroatoms. The summed E-state index contributed by atoms with van der Waals surface area (Å²) in [4.78, 5) is 4.75. The molecule has 5 rings (SSSR count). The van der Waals surface area contributed by atoms with Crippen LogP contribution in [-0.2, 0) is 20.0 Å². The number of aryl methyl sites for hydroxylation is 1. The molecule has 0 aliphatic carbocycles. The monoisotopic (exact) mass is 577 g/mol. The molecule has 2 aliphatic rings. The second kappa shape index (κ2) is 11.3. The summed E-state index contributed by atoms with van der Waals surface area (Å²) in [6, 6.07) is 11.9. The van der Waals surface area contributed by atoms with Gasteiger partial charge in [0.1, 0.15) is 0 Å². The predicted octanol–water partition coefficient (Wildman–Crippen LogP) is 3.73. The molecule has 3 heterocycles. The average Bonchev–Trinajstić information content (AvgIpc) is 3.39. The van der Waals surface area contributed by atoms with Crippen molar-refractivity contribution in [1.29, 1.82) is 0 Å². The number of nitrogens with one attached hydrogen (secondary N) is 2. The van der Waals surface area contributed by atoms with Gasteiger partial charge in [-0.05, 0) is 36.2 Å². The van der Waals surface area contributed by atoms with Crippen LogP contribution in [0.2, 0.25) is 0 Å². The van der Waals surface area contributed by atoms with Crippen LogP contribution in [0.25, 0.3) is 0 Å². The molecule has 0 fully saturated rings. The minimum Gasteiger partial charge on any atom is -0.490 e. The number of rotatable bonds is 6. The van der Waals surface area contributed by atoms with E-state index in [0.717, 1.165) is 52.7 Å². The van der Waals surface area contributed by atoms with Crippen molar-refractivity contribution in [2.24, 2.45) is 12.0 Å². The Balaban J connectivity index is 0.00000274. The van der Waals surface area contributed by atoms with Gasteiger partial charge in [-0.1, -0.05) is 6.07 Å². The summed E-state index contributed by atoms with van der Waals surface area (Å²) in [5, 5.41) is 11.0. The third kappa shape index (κ3) is 6.04. The van der Waals surface area contributed by atoms with E-state index < -0.39 is 0 Å². The number of hydrogen-bond acceptors (Lipinski definition) is 6. The van der Waals surface area contributed by atoms with E-state index in [1.807, 2.05) is 49.8 Å². The highest BCUT2D eigenvalue weighted by atomic mass is 127. The number of benzene rings is 2. The fourth-order valence-electron chi connectivity index (χ4n) is 3.66. The van der Waals surface area contributed by atoms with E-state index in [0.29, 0.717) is 32.3 Å². The number of ether oxygens (including phenoxy) is 4. The zero-order valence-electron chi connectivity index (χ0n) is 19.0. The predicted molar refractivity (Wildman–Crippen MR) is 140 cm³/mol. The second-order valence-electron chi connectivity index (χ2n) is 7.89. The van der Waals surface area contributed by atoms with Crippen LogP contribution in [0.3, 0.4) is 0 Å². The molecule has 2 aliphatic heterocycles.